The van der Waals surface area contributed by atoms with Crippen molar-refractivity contribution in [2.24, 2.45) is 5.92 Å². The van der Waals surface area contributed by atoms with Crippen LogP contribution in [-0.2, 0) is 11.8 Å². The van der Waals surface area contributed by atoms with Gasteiger partial charge >= 0.3 is 0 Å². The maximum Gasteiger partial charge on any atom is -0.0132 e. The van der Waals surface area contributed by atoms with Gasteiger partial charge in [-0.25, -0.2) is 0 Å². The Morgan fingerprint density at radius 3 is 1.93 bits per heavy atom. The Hall–Kier alpha value is -0.780. The lowest BCUT2D eigenvalue weighted by Gasteiger charge is -2.19. The van der Waals surface area contributed by atoms with Gasteiger partial charge in [0, 0.05) is 0 Å². The molecule has 0 aliphatic rings. The average Bonchev–Trinajstić information content (AvgIpc) is 2.02. The van der Waals surface area contributed by atoms with E-state index in [2.05, 4.69) is 58.9 Å². The second-order valence-corrected chi connectivity index (χ2v) is 5.02. The highest BCUT2D eigenvalue weighted by Crippen LogP contribution is 2.22. The molecule has 0 N–H and O–H groups in total. The van der Waals surface area contributed by atoms with E-state index in [1.807, 2.05) is 0 Å². The summed E-state index contributed by atoms with van der Waals surface area (Å²) in [4.78, 5) is 0. The first-order valence-corrected chi connectivity index (χ1v) is 5.15. The van der Waals surface area contributed by atoms with Gasteiger partial charge in [0.05, 0.1) is 0 Å². The van der Waals surface area contributed by atoms with Gasteiger partial charge in [-0.1, -0.05) is 45.0 Å². The van der Waals surface area contributed by atoms with E-state index < -0.39 is 0 Å². The Bertz CT molecular complexity index is 272. The molecule has 0 heteroatoms. The zero-order valence-corrected chi connectivity index (χ0v) is 9.51. The van der Waals surface area contributed by atoms with Crippen LogP contribution in [0.1, 0.15) is 31.9 Å². The molecule has 1 rings (SSSR count). The Balaban J connectivity index is 2.79. The Labute approximate surface area is 88.4 Å². The molecular formula is C14H20. The summed E-state index contributed by atoms with van der Waals surface area (Å²) in [6.07, 6.45) is 0.963. The summed E-state index contributed by atoms with van der Waals surface area (Å²) in [6.45, 7) is 14.5. The van der Waals surface area contributed by atoms with E-state index in [1.165, 1.54) is 11.1 Å². The van der Waals surface area contributed by atoms with Gasteiger partial charge in [-0.15, -0.1) is 0 Å². The van der Waals surface area contributed by atoms with E-state index in [9.17, 15) is 0 Å². The minimum atomic E-state index is 0.243. The van der Waals surface area contributed by atoms with Gasteiger partial charge in [-0.3, -0.25) is 0 Å². The van der Waals surface area contributed by atoms with Crippen LogP contribution in [-0.4, -0.2) is 0 Å². The van der Waals surface area contributed by atoms with Gasteiger partial charge < -0.3 is 0 Å². The molecule has 14 heavy (non-hydrogen) atoms. The fourth-order valence-electron chi connectivity index (χ4n) is 1.47. The van der Waals surface area contributed by atoms with Crippen molar-refractivity contribution in [3.8, 4) is 0 Å². The molecular weight excluding hydrogens is 168 g/mol. The average molecular weight is 188 g/mol. The smallest absolute Gasteiger partial charge is 0.0132 e. The van der Waals surface area contributed by atoms with Crippen LogP contribution < -0.4 is 0 Å². The van der Waals surface area contributed by atoms with Crippen LogP contribution in [0.3, 0.4) is 0 Å². The molecule has 0 aliphatic heterocycles. The first-order valence-electron chi connectivity index (χ1n) is 5.15. The molecule has 0 saturated carbocycles. The molecule has 0 unspecified atom stereocenters. The number of benzene rings is 1. The lowest BCUT2D eigenvalue weighted by Crippen LogP contribution is -2.10. The predicted molar refractivity (Wildman–Crippen MR) is 63.1 cm³/mol. The van der Waals surface area contributed by atoms with Crippen molar-refractivity contribution in [1.29, 1.82) is 0 Å². The quantitative estimate of drug-likeness (QED) is 0.662. The zero-order valence-electron chi connectivity index (χ0n) is 9.51. The van der Waals surface area contributed by atoms with E-state index in [1.54, 1.807) is 0 Å². The van der Waals surface area contributed by atoms with E-state index in [0.29, 0.717) is 0 Å². The van der Waals surface area contributed by atoms with Crippen molar-refractivity contribution >= 4 is 0 Å². The van der Waals surface area contributed by atoms with Crippen LogP contribution in [0.15, 0.2) is 24.3 Å². The van der Waals surface area contributed by atoms with Crippen molar-refractivity contribution in [1.82, 2.24) is 0 Å². The first-order chi connectivity index (χ1) is 6.39. The lowest BCUT2D eigenvalue weighted by molar-refractivity contribution is 0.590. The maximum absolute atomic E-state index is 3.89. The molecule has 0 aromatic heterocycles. The Morgan fingerprint density at radius 2 is 1.57 bits per heavy atom. The number of hydrogen-bond donors (Lipinski definition) is 0. The van der Waals surface area contributed by atoms with Crippen LogP contribution in [0.25, 0.3) is 0 Å². The highest BCUT2D eigenvalue weighted by molar-refractivity contribution is 5.27. The van der Waals surface area contributed by atoms with Gasteiger partial charge in [-0.2, -0.15) is 0 Å². The fourth-order valence-corrected chi connectivity index (χ4v) is 1.47. The molecule has 0 saturated heterocycles. The standard InChI is InChI=1S/C14H20/c1-11(2)10-12-6-8-13(9-7-12)14(3,4)5/h6-9,11H,1-2,10H2,3-5H3. The van der Waals surface area contributed by atoms with E-state index in [-0.39, 0.29) is 11.3 Å². The summed E-state index contributed by atoms with van der Waals surface area (Å²) in [6, 6.07) is 8.78. The SMILES string of the molecule is [CH2]C([CH2])Cc1ccc(C(C)(C)C)cc1. The van der Waals surface area contributed by atoms with Gasteiger partial charge in [0.15, 0.2) is 0 Å². The van der Waals surface area contributed by atoms with Gasteiger partial charge in [0.2, 0.25) is 0 Å². The monoisotopic (exact) mass is 188 g/mol. The molecule has 0 spiro atoms. The number of hydrogen-bond acceptors (Lipinski definition) is 0. The lowest BCUT2D eigenvalue weighted by atomic mass is 9.86. The summed E-state index contributed by atoms with van der Waals surface area (Å²) < 4.78 is 0. The third-order valence-electron chi connectivity index (χ3n) is 2.34. The molecule has 0 amide bonds. The van der Waals surface area contributed by atoms with Gasteiger partial charge in [0.25, 0.3) is 0 Å². The zero-order chi connectivity index (χ0) is 10.8. The molecule has 1 aromatic rings. The Morgan fingerprint density at radius 1 is 1.07 bits per heavy atom. The minimum Gasteiger partial charge on any atom is -0.0587 e. The van der Waals surface area contributed by atoms with Crippen molar-refractivity contribution in [3.05, 3.63) is 49.2 Å². The first kappa shape index (κ1) is 11.3. The maximum atomic E-state index is 3.89. The molecule has 0 bridgehead atoms. The number of rotatable bonds is 2. The van der Waals surface area contributed by atoms with Crippen molar-refractivity contribution < 1.29 is 0 Å². The molecule has 0 fully saturated rings. The molecule has 0 aliphatic carbocycles. The second-order valence-electron chi connectivity index (χ2n) is 5.02. The van der Waals surface area contributed by atoms with E-state index in [0.717, 1.165) is 6.42 Å². The normalized spacial score (nSPS) is 12.1. The molecule has 76 valence electrons. The van der Waals surface area contributed by atoms with Crippen LogP contribution in [0.2, 0.25) is 0 Å². The predicted octanol–water partition coefficient (Wildman–Crippen LogP) is 3.81. The highest BCUT2D eigenvalue weighted by Gasteiger charge is 2.12. The molecule has 0 nitrogen and oxygen atoms in total. The summed E-state index contributed by atoms with van der Waals surface area (Å²) in [7, 11) is 0. The van der Waals surface area contributed by atoms with Crippen LogP contribution >= 0.6 is 0 Å². The second kappa shape index (κ2) is 4.16. The Kier molecular flexibility index (Phi) is 3.36. The van der Waals surface area contributed by atoms with Gasteiger partial charge in [0.1, 0.15) is 0 Å². The topological polar surface area (TPSA) is 0 Å². The summed E-state index contributed by atoms with van der Waals surface area (Å²) in [5.41, 5.74) is 2.95. The summed E-state index contributed by atoms with van der Waals surface area (Å²) in [5.74, 6) is 0.246. The van der Waals surface area contributed by atoms with Gasteiger partial charge in [-0.05, 0) is 42.7 Å². The summed E-state index contributed by atoms with van der Waals surface area (Å²) in [5, 5.41) is 0. The van der Waals surface area contributed by atoms with Crippen molar-refractivity contribution in [3.63, 3.8) is 0 Å². The molecule has 0 atom stereocenters. The van der Waals surface area contributed by atoms with Crippen LogP contribution in [0, 0.1) is 19.8 Å². The largest absolute Gasteiger partial charge is 0.0587 e. The fraction of sp³-hybridized carbons (Fsp3) is 0.429. The molecule has 1 aromatic carbocycles. The molecule has 0 heterocycles. The van der Waals surface area contributed by atoms with Crippen LogP contribution in [0.4, 0.5) is 0 Å². The van der Waals surface area contributed by atoms with E-state index in [4.69, 9.17) is 0 Å². The minimum absolute atomic E-state index is 0.243. The van der Waals surface area contributed by atoms with Crippen LogP contribution in [0.5, 0.6) is 0 Å². The third kappa shape index (κ3) is 3.17. The van der Waals surface area contributed by atoms with Crippen molar-refractivity contribution in [2.45, 2.75) is 32.6 Å². The van der Waals surface area contributed by atoms with Crippen molar-refractivity contribution in [2.75, 3.05) is 0 Å². The summed E-state index contributed by atoms with van der Waals surface area (Å²) >= 11 is 0. The highest BCUT2D eigenvalue weighted by atomic mass is 14.2. The van der Waals surface area contributed by atoms with E-state index >= 15 is 0 Å². The third-order valence-corrected chi connectivity index (χ3v) is 2.34. The molecule has 2 radical (unpaired) electrons.